The summed E-state index contributed by atoms with van der Waals surface area (Å²) in [7, 11) is 5.31. The summed E-state index contributed by atoms with van der Waals surface area (Å²) in [6, 6.07) is 8.66. The van der Waals surface area contributed by atoms with Gasteiger partial charge in [0.25, 0.3) is 5.91 Å². The maximum atomic E-state index is 14.5. The van der Waals surface area contributed by atoms with Crippen LogP contribution >= 0.6 is 0 Å². The summed E-state index contributed by atoms with van der Waals surface area (Å²) < 4.78 is 19.7. The summed E-state index contributed by atoms with van der Waals surface area (Å²) in [6.45, 7) is 2.86. The maximum Gasteiger partial charge on any atom is 0.328 e. The molecule has 2 atom stereocenters. The standard InChI is InChI=1S/C26H29FN4O4/c1-26-14-18-17-12-21(35-4)19(27)13-20(17)28-22(18)23(15-7-5-8-16(32)11-15)31(26)25(34)30(24(26)33)10-6-9-29(2)3/h5,7-8,11-13,23,28,32H,6,9-10,14H2,1-4H3/t23-,26+/m1/s1. The van der Waals surface area contributed by atoms with Crippen molar-refractivity contribution in [2.24, 2.45) is 0 Å². The fourth-order valence-electron chi connectivity index (χ4n) is 5.46. The molecule has 0 spiro atoms. The number of amides is 3. The van der Waals surface area contributed by atoms with Gasteiger partial charge in [-0.25, -0.2) is 9.18 Å². The van der Waals surface area contributed by atoms with E-state index in [1.165, 1.54) is 18.1 Å². The van der Waals surface area contributed by atoms with Gasteiger partial charge in [0.2, 0.25) is 0 Å². The van der Waals surface area contributed by atoms with Gasteiger partial charge in [0.1, 0.15) is 17.3 Å². The van der Waals surface area contributed by atoms with Crippen LogP contribution in [0.25, 0.3) is 10.9 Å². The second-order valence-corrected chi connectivity index (χ2v) is 9.76. The minimum Gasteiger partial charge on any atom is -0.508 e. The zero-order valence-corrected chi connectivity index (χ0v) is 20.3. The first kappa shape index (κ1) is 23.2. The lowest BCUT2D eigenvalue weighted by atomic mass is 9.81. The molecule has 2 aromatic carbocycles. The molecule has 3 heterocycles. The Balaban J connectivity index is 1.68. The van der Waals surface area contributed by atoms with E-state index >= 15 is 0 Å². The second kappa shape index (κ2) is 8.27. The van der Waals surface area contributed by atoms with Crippen LogP contribution in [-0.4, -0.2) is 76.6 Å². The Morgan fingerprint density at radius 3 is 2.71 bits per heavy atom. The van der Waals surface area contributed by atoms with Gasteiger partial charge in [-0.05, 0) is 63.3 Å². The van der Waals surface area contributed by atoms with Crippen LogP contribution in [0.5, 0.6) is 11.5 Å². The number of rotatable bonds is 6. The van der Waals surface area contributed by atoms with Crippen molar-refractivity contribution >= 4 is 22.8 Å². The zero-order chi connectivity index (χ0) is 25.1. The summed E-state index contributed by atoms with van der Waals surface area (Å²) in [5, 5.41) is 11.0. The Morgan fingerprint density at radius 2 is 2.03 bits per heavy atom. The smallest absolute Gasteiger partial charge is 0.328 e. The van der Waals surface area contributed by atoms with E-state index in [4.69, 9.17) is 4.74 Å². The molecule has 0 bridgehead atoms. The predicted octanol–water partition coefficient (Wildman–Crippen LogP) is 3.64. The average molecular weight is 481 g/mol. The maximum absolute atomic E-state index is 14.5. The highest BCUT2D eigenvalue weighted by Crippen LogP contribution is 2.49. The van der Waals surface area contributed by atoms with Crippen LogP contribution in [0, 0.1) is 5.82 Å². The molecule has 9 heteroatoms. The SMILES string of the molecule is COc1cc2c3c([nH]c2cc1F)[C@@H](c1cccc(O)c1)N1C(=O)N(CCCN(C)C)C(=O)[C@]1(C)C3. The average Bonchev–Trinajstić information content (AvgIpc) is 3.23. The molecule has 0 radical (unpaired) electrons. The monoisotopic (exact) mass is 480 g/mol. The van der Waals surface area contributed by atoms with Gasteiger partial charge < -0.3 is 19.7 Å². The number of urea groups is 1. The van der Waals surface area contributed by atoms with Gasteiger partial charge in [-0.1, -0.05) is 12.1 Å². The molecule has 1 saturated heterocycles. The number of imide groups is 1. The largest absolute Gasteiger partial charge is 0.508 e. The lowest BCUT2D eigenvalue weighted by Crippen LogP contribution is -2.53. The highest BCUT2D eigenvalue weighted by molar-refractivity contribution is 6.08. The number of phenols is 1. The third kappa shape index (κ3) is 3.53. The third-order valence-electron chi connectivity index (χ3n) is 7.11. The summed E-state index contributed by atoms with van der Waals surface area (Å²) in [6.07, 6.45) is 0.942. The molecule has 35 heavy (non-hydrogen) atoms. The number of hydrogen-bond donors (Lipinski definition) is 2. The molecule has 3 amide bonds. The Bertz CT molecular complexity index is 1340. The quantitative estimate of drug-likeness (QED) is 0.526. The van der Waals surface area contributed by atoms with Crippen molar-refractivity contribution in [3.63, 3.8) is 0 Å². The minimum absolute atomic E-state index is 0.0564. The van der Waals surface area contributed by atoms with E-state index in [9.17, 15) is 19.1 Å². The Labute approximate surface area is 202 Å². The molecule has 2 N–H and O–H groups in total. The number of carbonyl (C=O) groups is 2. The fourth-order valence-corrected chi connectivity index (χ4v) is 5.46. The van der Waals surface area contributed by atoms with Crippen molar-refractivity contribution in [3.8, 4) is 11.5 Å². The first-order valence-electron chi connectivity index (χ1n) is 11.6. The van der Waals surface area contributed by atoms with Gasteiger partial charge in [0.15, 0.2) is 11.6 Å². The summed E-state index contributed by atoms with van der Waals surface area (Å²) in [4.78, 5) is 35.8. The van der Waals surface area contributed by atoms with Gasteiger partial charge in [-0.3, -0.25) is 14.6 Å². The number of ether oxygens (including phenoxy) is 1. The van der Waals surface area contributed by atoms with Crippen LogP contribution in [0.3, 0.4) is 0 Å². The number of nitrogens with zero attached hydrogens (tertiary/aromatic N) is 3. The first-order valence-corrected chi connectivity index (χ1v) is 11.6. The van der Waals surface area contributed by atoms with Crippen LogP contribution in [0.2, 0.25) is 0 Å². The van der Waals surface area contributed by atoms with Crippen molar-refractivity contribution < 1.29 is 23.8 Å². The third-order valence-corrected chi connectivity index (χ3v) is 7.11. The predicted molar refractivity (Wildman–Crippen MR) is 129 cm³/mol. The molecule has 5 rings (SSSR count). The summed E-state index contributed by atoms with van der Waals surface area (Å²) in [5.74, 6) is -0.584. The number of fused-ring (bicyclic) bond motifs is 4. The first-order chi connectivity index (χ1) is 16.7. The molecule has 1 fully saturated rings. The van der Waals surface area contributed by atoms with Gasteiger partial charge >= 0.3 is 6.03 Å². The number of phenolic OH excluding ortho intramolecular Hbond substituents is 1. The van der Waals surface area contributed by atoms with E-state index in [0.717, 1.165) is 17.5 Å². The molecular weight excluding hydrogens is 451 g/mol. The molecule has 1 aromatic heterocycles. The topological polar surface area (TPSA) is 89.1 Å². The van der Waals surface area contributed by atoms with E-state index in [-0.39, 0.29) is 29.9 Å². The number of nitrogens with one attached hydrogen (secondary N) is 1. The number of halogens is 1. The van der Waals surface area contributed by atoms with E-state index in [1.54, 1.807) is 36.1 Å². The number of carbonyl (C=O) groups excluding carboxylic acids is 2. The van der Waals surface area contributed by atoms with E-state index in [1.807, 2.05) is 25.1 Å². The van der Waals surface area contributed by atoms with Gasteiger partial charge in [-0.15, -0.1) is 0 Å². The molecule has 8 nitrogen and oxygen atoms in total. The van der Waals surface area contributed by atoms with Crippen molar-refractivity contribution in [1.29, 1.82) is 0 Å². The molecule has 2 aliphatic rings. The minimum atomic E-state index is -1.13. The highest BCUT2D eigenvalue weighted by Gasteiger charge is 2.60. The fraction of sp³-hybridized carbons (Fsp3) is 0.385. The number of benzene rings is 2. The summed E-state index contributed by atoms with van der Waals surface area (Å²) >= 11 is 0. The van der Waals surface area contributed by atoms with E-state index in [0.29, 0.717) is 29.7 Å². The number of hydrogen-bond acceptors (Lipinski definition) is 5. The molecule has 0 aliphatic carbocycles. The van der Waals surface area contributed by atoms with Crippen LogP contribution < -0.4 is 4.74 Å². The molecule has 0 unspecified atom stereocenters. The van der Waals surface area contributed by atoms with Crippen molar-refractivity contribution in [2.75, 3.05) is 34.3 Å². The van der Waals surface area contributed by atoms with Crippen molar-refractivity contribution in [3.05, 3.63) is 59.0 Å². The molecule has 0 saturated carbocycles. The lowest BCUT2D eigenvalue weighted by molar-refractivity contribution is -0.133. The van der Waals surface area contributed by atoms with Crippen LogP contribution in [0.4, 0.5) is 9.18 Å². The van der Waals surface area contributed by atoms with Gasteiger partial charge in [0.05, 0.1) is 7.11 Å². The van der Waals surface area contributed by atoms with E-state index in [2.05, 4.69) is 4.98 Å². The zero-order valence-electron chi connectivity index (χ0n) is 20.3. The van der Waals surface area contributed by atoms with Crippen LogP contribution in [0.1, 0.15) is 36.2 Å². The molecular formula is C26H29FN4O4. The van der Waals surface area contributed by atoms with Crippen molar-refractivity contribution in [2.45, 2.75) is 31.3 Å². The Kier molecular flexibility index (Phi) is 5.47. The number of methoxy groups -OCH3 is 1. The number of aromatic amines is 1. The highest BCUT2D eigenvalue weighted by atomic mass is 19.1. The van der Waals surface area contributed by atoms with Gasteiger partial charge in [0, 0.05) is 35.6 Å². The van der Waals surface area contributed by atoms with Crippen LogP contribution in [-0.2, 0) is 11.2 Å². The summed E-state index contributed by atoms with van der Waals surface area (Å²) in [5.41, 5.74) is 1.63. The second-order valence-electron chi connectivity index (χ2n) is 9.76. The number of aromatic hydroxyl groups is 1. The van der Waals surface area contributed by atoms with E-state index < -0.39 is 17.4 Å². The number of H-pyrrole nitrogens is 1. The Morgan fingerprint density at radius 1 is 1.26 bits per heavy atom. The Hall–Kier alpha value is -3.59. The van der Waals surface area contributed by atoms with Gasteiger partial charge in [-0.2, -0.15) is 0 Å². The normalized spacial score (nSPS) is 21.7. The van der Waals surface area contributed by atoms with Crippen LogP contribution in [0.15, 0.2) is 36.4 Å². The molecule has 2 aliphatic heterocycles. The molecule has 184 valence electrons. The van der Waals surface area contributed by atoms with Crippen molar-refractivity contribution in [1.82, 2.24) is 19.7 Å². The molecule has 3 aromatic rings. The lowest BCUT2D eigenvalue weighted by Gasteiger charge is -2.42. The number of aromatic nitrogens is 1.